The lowest BCUT2D eigenvalue weighted by Crippen LogP contribution is -2.44. The molecule has 0 aliphatic carbocycles. The van der Waals surface area contributed by atoms with E-state index in [-0.39, 0.29) is 24.0 Å². The van der Waals surface area contributed by atoms with Crippen LogP contribution in [0.5, 0.6) is 0 Å². The molecule has 1 saturated heterocycles. The Hall–Kier alpha value is -0.0800. The highest BCUT2D eigenvalue weighted by Gasteiger charge is 2.21. The number of likely N-dealkylation sites (tertiary alicyclic amines) is 1. The number of unbranched alkanes of at least 4 members (excludes halogenated alkanes) is 1. The van der Waals surface area contributed by atoms with E-state index in [1.54, 1.807) is 0 Å². The Morgan fingerprint density at radius 1 is 1.22 bits per heavy atom. The first kappa shape index (κ1) is 22.9. The summed E-state index contributed by atoms with van der Waals surface area (Å²) in [5, 5.41) is 6.67. The molecular formula is C17H37IN4O. The number of rotatable bonds is 10. The fraction of sp³-hybridized carbons (Fsp3) is 0.941. The van der Waals surface area contributed by atoms with E-state index in [0.29, 0.717) is 6.04 Å². The second kappa shape index (κ2) is 15.4. The van der Waals surface area contributed by atoms with Crippen LogP contribution in [0.1, 0.15) is 52.9 Å². The Balaban J connectivity index is 0.00000484. The minimum absolute atomic E-state index is 0. The van der Waals surface area contributed by atoms with Gasteiger partial charge in [0.2, 0.25) is 0 Å². The van der Waals surface area contributed by atoms with Crippen LogP contribution in [0.3, 0.4) is 0 Å². The van der Waals surface area contributed by atoms with Crippen LogP contribution in [0.4, 0.5) is 0 Å². The van der Waals surface area contributed by atoms with Gasteiger partial charge < -0.3 is 15.4 Å². The van der Waals surface area contributed by atoms with Crippen LogP contribution in [-0.4, -0.2) is 62.8 Å². The molecule has 0 amide bonds. The largest absolute Gasteiger partial charge is 0.380 e. The Kier molecular flexibility index (Phi) is 15.4. The summed E-state index contributed by atoms with van der Waals surface area (Å²) < 4.78 is 5.36. The number of nitrogens with zero attached hydrogens (tertiary/aromatic N) is 2. The first-order valence-corrected chi connectivity index (χ1v) is 9.15. The molecule has 1 rings (SSSR count). The summed E-state index contributed by atoms with van der Waals surface area (Å²) in [7, 11) is 0. The molecule has 1 fully saturated rings. The topological polar surface area (TPSA) is 48.9 Å². The molecule has 0 spiro atoms. The van der Waals surface area contributed by atoms with Crippen LogP contribution < -0.4 is 10.6 Å². The number of ether oxygens (including phenoxy) is 1. The molecule has 6 heteroatoms. The van der Waals surface area contributed by atoms with E-state index in [0.717, 1.165) is 38.8 Å². The smallest absolute Gasteiger partial charge is 0.191 e. The Morgan fingerprint density at radius 3 is 2.74 bits per heavy atom. The van der Waals surface area contributed by atoms with Crippen LogP contribution in [0.15, 0.2) is 4.99 Å². The zero-order chi connectivity index (χ0) is 16.0. The van der Waals surface area contributed by atoms with Gasteiger partial charge in [0.15, 0.2) is 5.96 Å². The summed E-state index contributed by atoms with van der Waals surface area (Å²) in [5.41, 5.74) is 0. The third kappa shape index (κ3) is 10.4. The molecule has 23 heavy (non-hydrogen) atoms. The van der Waals surface area contributed by atoms with Crippen molar-refractivity contribution >= 4 is 29.9 Å². The lowest BCUT2D eigenvalue weighted by atomic mass is 10.0. The van der Waals surface area contributed by atoms with Gasteiger partial charge in [0, 0.05) is 25.7 Å². The predicted molar refractivity (Wildman–Crippen MR) is 110 cm³/mol. The Bertz CT molecular complexity index is 302. The van der Waals surface area contributed by atoms with Gasteiger partial charge >= 0.3 is 0 Å². The van der Waals surface area contributed by atoms with Crippen LogP contribution in [0, 0.1) is 0 Å². The molecule has 1 aliphatic heterocycles. The van der Waals surface area contributed by atoms with Crippen molar-refractivity contribution in [2.75, 3.05) is 45.9 Å². The molecular weight excluding hydrogens is 403 g/mol. The summed E-state index contributed by atoms with van der Waals surface area (Å²) in [4.78, 5) is 7.43. The molecule has 0 aromatic rings. The number of aliphatic imine (C=N–C) groups is 1. The van der Waals surface area contributed by atoms with E-state index in [4.69, 9.17) is 9.73 Å². The summed E-state index contributed by atoms with van der Waals surface area (Å²) in [6.07, 6.45) is 6.54. The fourth-order valence-electron chi connectivity index (χ4n) is 2.85. The monoisotopic (exact) mass is 440 g/mol. The number of hydrogen-bond acceptors (Lipinski definition) is 3. The van der Waals surface area contributed by atoms with E-state index < -0.39 is 0 Å². The van der Waals surface area contributed by atoms with Gasteiger partial charge in [-0.15, -0.1) is 24.0 Å². The van der Waals surface area contributed by atoms with E-state index in [2.05, 4.69) is 29.4 Å². The van der Waals surface area contributed by atoms with E-state index >= 15 is 0 Å². The molecule has 1 heterocycles. The van der Waals surface area contributed by atoms with Gasteiger partial charge in [0.1, 0.15) is 0 Å². The van der Waals surface area contributed by atoms with Gasteiger partial charge in [-0.1, -0.05) is 19.8 Å². The molecule has 138 valence electrons. The number of piperidine rings is 1. The zero-order valence-corrected chi connectivity index (χ0v) is 17.6. The lowest BCUT2D eigenvalue weighted by Gasteiger charge is -2.35. The van der Waals surface area contributed by atoms with E-state index in [9.17, 15) is 0 Å². The van der Waals surface area contributed by atoms with Gasteiger partial charge in [-0.25, -0.2) is 0 Å². The molecule has 1 unspecified atom stereocenters. The molecule has 0 bridgehead atoms. The van der Waals surface area contributed by atoms with Gasteiger partial charge in [-0.05, 0) is 46.2 Å². The molecule has 0 aromatic heterocycles. The average Bonchev–Trinajstić information content (AvgIpc) is 2.55. The van der Waals surface area contributed by atoms with Crippen LogP contribution in [0.2, 0.25) is 0 Å². The fourth-order valence-corrected chi connectivity index (χ4v) is 2.85. The van der Waals surface area contributed by atoms with Gasteiger partial charge in [0.25, 0.3) is 0 Å². The van der Waals surface area contributed by atoms with Crippen molar-refractivity contribution in [3.8, 4) is 0 Å². The number of hydrogen-bond donors (Lipinski definition) is 2. The second-order valence-corrected chi connectivity index (χ2v) is 5.88. The standard InChI is InChI=1S/C17H36N4O.HI/c1-4-7-12-21-13-9-8-10-16(21)15-20-17(18-5-2)19-11-14-22-6-3;/h16H,4-15H2,1-3H3,(H2,18,19,20);1H. The maximum atomic E-state index is 5.36. The second-order valence-electron chi connectivity index (χ2n) is 5.88. The summed E-state index contributed by atoms with van der Waals surface area (Å²) in [6.45, 7) is 13.0. The van der Waals surface area contributed by atoms with Gasteiger partial charge in [0.05, 0.1) is 13.2 Å². The maximum Gasteiger partial charge on any atom is 0.191 e. The quantitative estimate of drug-likeness (QED) is 0.238. The summed E-state index contributed by atoms with van der Waals surface area (Å²) in [5.74, 6) is 0.920. The molecule has 0 radical (unpaired) electrons. The zero-order valence-electron chi connectivity index (χ0n) is 15.3. The van der Waals surface area contributed by atoms with Crippen molar-refractivity contribution < 1.29 is 4.74 Å². The van der Waals surface area contributed by atoms with Crippen molar-refractivity contribution in [1.29, 1.82) is 0 Å². The minimum Gasteiger partial charge on any atom is -0.380 e. The average molecular weight is 440 g/mol. The summed E-state index contributed by atoms with van der Waals surface area (Å²) in [6, 6.07) is 0.614. The SMILES string of the molecule is CCCCN1CCCCC1CN=C(NCC)NCCOCC.I. The Labute approximate surface area is 160 Å². The number of nitrogens with one attached hydrogen (secondary N) is 2. The van der Waals surface area contributed by atoms with Crippen molar-refractivity contribution in [2.24, 2.45) is 4.99 Å². The third-order valence-electron chi connectivity index (χ3n) is 4.10. The number of halogens is 1. The highest BCUT2D eigenvalue weighted by atomic mass is 127. The molecule has 0 saturated carbocycles. The first-order chi connectivity index (χ1) is 10.8. The van der Waals surface area contributed by atoms with Crippen molar-refractivity contribution in [3.05, 3.63) is 0 Å². The third-order valence-corrected chi connectivity index (χ3v) is 4.10. The maximum absolute atomic E-state index is 5.36. The predicted octanol–water partition coefficient (Wildman–Crippen LogP) is 2.85. The highest BCUT2D eigenvalue weighted by molar-refractivity contribution is 14.0. The first-order valence-electron chi connectivity index (χ1n) is 9.15. The summed E-state index contributed by atoms with van der Waals surface area (Å²) >= 11 is 0. The molecule has 1 aliphatic rings. The molecule has 5 nitrogen and oxygen atoms in total. The van der Waals surface area contributed by atoms with E-state index in [1.807, 2.05) is 6.92 Å². The molecule has 2 N–H and O–H groups in total. The van der Waals surface area contributed by atoms with E-state index in [1.165, 1.54) is 45.2 Å². The number of guanidine groups is 1. The normalized spacial score (nSPS) is 19.3. The van der Waals surface area contributed by atoms with Crippen LogP contribution >= 0.6 is 24.0 Å². The Morgan fingerprint density at radius 2 is 2.04 bits per heavy atom. The molecule has 0 aromatic carbocycles. The minimum atomic E-state index is 0. The lowest BCUT2D eigenvalue weighted by molar-refractivity contribution is 0.150. The van der Waals surface area contributed by atoms with Gasteiger partial charge in [-0.2, -0.15) is 0 Å². The van der Waals surface area contributed by atoms with Crippen LogP contribution in [0.25, 0.3) is 0 Å². The van der Waals surface area contributed by atoms with Crippen molar-refractivity contribution in [2.45, 2.75) is 58.9 Å². The van der Waals surface area contributed by atoms with Crippen LogP contribution in [-0.2, 0) is 4.74 Å². The molecule has 1 atom stereocenters. The van der Waals surface area contributed by atoms with Crippen molar-refractivity contribution in [3.63, 3.8) is 0 Å². The highest BCUT2D eigenvalue weighted by Crippen LogP contribution is 2.17. The van der Waals surface area contributed by atoms with Gasteiger partial charge in [-0.3, -0.25) is 9.89 Å². The van der Waals surface area contributed by atoms with Crippen molar-refractivity contribution in [1.82, 2.24) is 15.5 Å².